The molecule has 0 saturated heterocycles. The molecule has 0 N–H and O–H groups in total. The van der Waals surface area contributed by atoms with Gasteiger partial charge in [-0.2, -0.15) is 11.8 Å². The quantitative estimate of drug-likeness (QED) is 0.426. The molecule has 0 spiro atoms. The molecule has 4 heteroatoms. The first kappa shape index (κ1) is 9.55. The second kappa shape index (κ2) is 18.6. The fraction of sp³-hybridized carbons (Fsp3) is 1.00. The first-order chi connectivity index (χ1) is 2.83. The van der Waals surface area contributed by atoms with Crippen LogP contribution in [0, 0.1) is 0 Å². The van der Waals surface area contributed by atoms with Crippen LogP contribution in [0.4, 0.5) is 8.63 Å². The van der Waals surface area contributed by atoms with Gasteiger partial charge in [0.2, 0.25) is 0 Å². The third-order valence-electron chi connectivity index (χ3n) is 0. The minimum absolute atomic E-state index is 1.00. The van der Waals surface area contributed by atoms with E-state index in [4.69, 9.17) is 0 Å². The molecule has 0 aliphatic rings. The minimum atomic E-state index is -1.00. The Labute approximate surface area is 41.6 Å². The number of hydrogen-bond donors (Lipinski definition) is 0. The third kappa shape index (κ3) is 607. The van der Waals surface area contributed by atoms with Crippen LogP contribution in [0.25, 0.3) is 0 Å². The van der Waals surface area contributed by atoms with E-state index in [2.05, 4.69) is 0 Å². The summed E-state index contributed by atoms with van der Waals surface area (Å²) in [6, 6.07) is 0. The van der Waals surface area contributed by atoms with Crippen molar-refractivity contribution < 1.29 is 8.63 Å². The lowest BCUT2D eigenvalue weighted by molar-refractivity contribution is 0.712. The van der Waals surface area contributed by atoms with E-state index in [0.29, 0.717) is 0 Å². The van der Waals surface area contributed by atoms with Crippen LogP contribution in [0.3, 0.4) is 0 Å². The van der Waals surface area contributed by atoms with E-state index in [1.54, 1.807) is 11.8 Å². The van der Waals surface area contributed by atoms with E-state index in [1.807, 2.05) is 12.5 Å². The maximum Gasteiger partial charge on any atom is 0.577 e. The molecule has 0 aromatic rings. The smallest absolute Gasteiger partial charge is 0.289 e. The molecule has 0 heterocycles. The fourth-order valence-electron chi connectivity index (χ4n) is 0. The molecule has 1 radical (unpaired) electrons. The molecule has 0 aliphatic heterocycles. The number of hydrogen-bond acceptors (Lipinski definition) is 1. The van der Waals surface area contributed by atoms with Gasteiger partial charge in [0.25, 0.3) is 0 Å². The van der Waals surface area contributed by atoms with Gasteiger partial charge >= 0.3 is 7.83 Å². The Hall–Kier alpha value is 0.275. The Balaban J connectivity index is 0. The highest BCUT2D eigenvalue weighted by molar-refractivity contribution is 7.97. The predicted octanol–water partition coefficient (Wildman–Crippen LogP) is 1.44. The van der Waals surface area contributed by atoms with Gasteiger partial charge in [0.15, 0.2) is 0 Å². The number of rotatable bonds is 0. The number of halogens is 2. The van der Waals surface area contributed by atoms with E-state index < -0.39 is 7.83 Å². The Morgan fingerprint density at radius 1 is 1.33 bits per heavy atom. The predicted molar refractivity (Wildman–Crippen MR) is 27.4 cm³/mol. The van der Waals surface area contributed by atoms with Gasteiger partial charge < -0.3 is 0 Å². The van der Waals surface area contributed by atoms with Crippen LogP contribution < -0.4 is 0 Å². The summed E-state index contributed by atoms with van der Waals surface area (Å²) in [6.07, 6.45) is 4.08. The maximum absolute atomic E-state index is 9.50. The van der Waals surface area contributed by atoms with Crippen LogP contribution in [0.2, 0.25) is 0 Å². The molecular formula is C2H6BF2S. The molecule has 0 unspecified atom stereocenters. The molecule has 0 aliphatic carbocycles. The van der Waals surface area contributed by atoms with Crippen molar-refractivity contribution in [2.75, 3.05) is 12.5 Å². The van der Waals surface area contributed by atoms with Gasteiger partial charge in [0.05, 0.1) is 0 Å². The average Bonchev–Trinajstić information content (AvgIpc) is 1.39. The third-order valence-corrected chi connectivity index (χ3v) is 0. The lowest BCUT2D eigenvalue weighted by Crippen LogP contribution is -1.45. The largest absolute Gasteiger partial charge is 0.577 e. The van der Waals surface area contributed by atoms with Crippen molar-refractivity contribution in [3.63, 3.8) is 0 Å². The van der Waals surface area contributed by atoms with Gasteiger partial charge in [0, 0.05) is 0 Å². The molecule has 0 fully saturated rings. The lowest BCUT2D eigenvalue weighted by atomic mass is 10.6. The Morgan fingerprint density at radius 2 is 1.33 bits per heavy atom. The van der Waals surface area contributed by atoms with Crippen LogP contribution in [0.15, 0.2) is 0 Å². The molecule has 0 atom stereocenters. The molecule has 6 heavy (non-hydrogen) atoms. The molecular weight excluding hydrogens is 105 g/mol. The Kier molecular flexibility index (Phi) is 29.7. The van der Waals surface area contributed by atoms with Crippen molar-refractivity contribution in [3.05, 3.63) is 0 Å². The zero-order valence-corrected chi connectivity index (χ0v) is 4.56. The maximum atomic E-state index is 9.50. The summed E-state index contributed by atoms with van der Waals surface area (Å²) >= 11 is 1.75. The van der Waals surface area contributed by atoms with Gasteiger partial charge in [-0.15, -0.1) is 0 Å². The highest BCUT2D eigenvalue weighted by Crippen LogP contribution is 1.70. The minimum Gasteiger partial charge on any atom is -0.289 e. The standard InChI is InChI=1S/C2H6S.BF2/c1-3-2;2-1-3/h1-2H3;. The van der Waals surface area contributed by atoms with Crippen molar-refractivity contribution in [3.8, 4) is 0 Å². The first-order valence-electron chi connectivity index (χ1n) is 1.25. The van der Waals surface area contributed by atoms with Crippen LogP contribution in [0.1, 0.15) is 0 Å². The second-order valence-electron chi connectivity index (χ2n) is 0.491. The average molecular weight is 111 g/mol. The zero-order chi connectivity index (χ0) is 5.41. The summed E-state index contributed by atoms with van der Waals surface area (Å²) in [5.74, 6) is 0. The van der Waals surface area contributed by atoms with E-state index in [9.17, 15) is 8.63 Å². The Bertz CT molecular complexity index is 13.5. The molecule has 0 rings (SSSR count). The summed E-state index contributed by atoms with van der Waals surface area (Å²) in [7, 11) is -1.00. The van der Waals surface area contributed by atoms with E-state index in [-0.39, 0.29) is 0 Å². The van der Waals surface area contributed by atoms with Gasteiger partial charge in [-0.1, -0.05) is 0 Å². The molecule has 37 valence electrons. The number of thioether (sulfide) groups is 1. The van der Waals surface area contributed by atoms with Crippen LogP contribution >= 0.6 is 11.8 Å². The zero-order valence-electron chi connectivity index (χ0n) is 3.74. The highest BCUT2D eigenvalue weighted by Gasteiger charge is 1.62. The fourth-order valence-corrected chi connectivity index (χ4v) is 0. The molecule has 0 aromatic heterocycles. The normalized spacial score (nSPS) is 5.33. The molecule has 0 saturated carbocycles. The Morgan fingerprint density at radius 3 is 1.33 bits per heavy atom. The monoisotopic (exact) mass is 111 g/mol. The summed E-state index contributed by atoms with van der Waals surface area (Å²) in [5.41, 5.74) is 0. The summed E-state index contributed by atoms with van der Waals surface area (Å²) in [4.78, 5) is 0. The van der Waals surface area contributed by atoms with Gasteiger partial charge in [-0.25, -0.2) is 0 Å². The van der Waals surface area contributed by atoms with E-state index in [0.717, 1.165) is 0 Å². The van der Waals surface area contributed by atoms with Crippen molar-refractivity contribution in [2.24, 2.45) is 0 Å². The van der Waals surface area contributed by atoms with E-state index in [1.165, 1.54) is 0 Å². The summed E-state index contributed by atoms with van der Waals surface area (Å²) in [6.45, 7) is 0. The highest BCUT2D eigenvalue weighted by atomic mass is 32.2. The van der Waals surface area contributed by atoms with Crippen molar-refractivity contribution in [1.29, 1.82) is 0 Å². The molecule has 0 nitrogen and oxygen atoms in total. The van der Waals surface area contributed by atoms with Gasteiger partial charge in [-0.3, -0.25) is 8.63 Å². The molecule has 0 aromatic carbocycles. The first-order valence-corrected chi connectivity index (χ1v) is 2.89. The van der Waals surface area contributed by atoms with E-state index >= 15 is 0 Å². The van der Waals surface area contributed by atoms with Gasteiger partial charge in [-0.05, 0) is 12.5 Å². The summed E-state index contributed by atoms with van der Waals surface area (Å²) < 4.78 is 19.0. The molecule has 0 bridgehead atoms. The van der Waals surface area contributed by atoms with Crippen LogP contribution in [0.5, 0.6) is 0 Å². The summed E-state index contributed by atoms with van der Waals surface area (Å²) in [5, 5.41) is 0. The SMILES string of the molecule is CSC.F[B]F. The molecule has 0 amide bonds. The van der Waals surface area contributed by atoms with Crippen LogP contribution in [-0.2, 0) is 0 Å². The van der Waals surface area contributed by atoms with Crippen molar-refractivity contribution in [1.82, 2.24) is 0 Å². The second-order valence-corrected chi connectivity index (χ2v) is 1.31. The van der Waals surface area contributed by atoms with Crippen molar-refractivity contribution >= 4 is 19.6 Å². The van der Waals surface area contributed by atoms with Crippen LogP contribution in [-0.4, -0.2) is 20.3 Å². The van der Waals surface area contributed by atoms with Gasteiger partial charge in [0.1, 0.15) is 0 Å². The van der Waals surface area contributed by atoms with Crippen molar-refractivity contribution in [2.45, 2.75) is 0 Å². The topological polar surface area (TPSA) is 0 Å². The lowest BCUT2D eigenvalue weighted by Gasteiger charge is -1.51.